The molecule has 0 rings (SSSR count). The molecule has 0 aromatic rings. The third kappa shape index (κ3) is 15.9. The van der Waals surface area contributed by atoms with Gasteiger partial charge in [-0.05, 0) is 6.42 Å². The van der Waals surface area contributed by atoms with Crippen molar-refractivity contribution in [1.82, 2.24) is 0 Å². The van der Waals surface area contributed by atoms with Crippen molar-refractivity contribution in [2.75, 3.05) is 6.61 Å². The molecule has 0 radical (unpaired) electrons. The summed E-state index contributed by atoms with van der Waals surface area (Å²) < 4.78 is 0. The van der Waals surface area contributed by atoms with Crippen LogP contribution in [0.3, 0.4) is 0 Å². The normalized spacial score (nSPS) is 5.50. The van der Waals surface area contributed by atoms with Crippen molar-refractivity contribution in [1.29, 1.82) is 0 Å². The van der Waals surface area contributed by atoms with Crippen LogP contribution in [0.2, 0.25) is 0 Å². The standard InChI is InChI=1S/C5H6O.2Li/c1-2-3-4-5-6;;/h3-5H2;;/q-2;2*+1. The molecule has 0 bridgehead atoms. The second-order valence-corrected chi connectivity index (χ2v) is 0.984. The van der Waals surface area contributed by atoms with Crippen LogP contribution < -0.4 is 42.8 Å². The Labute approximate surface area is 74.6 Å². The fourth-order valence-electron chi connectivity index (χ4n) is 0.161. The van der Waals surface area contributed by atoms with Gasteiger partial charge < -0.3 is 17.5 Å². The quantitative estimate of drug-likeness (QED) is 0.145. The molecule has 0 aliphatic carbocycles. The van der Waals surface area contributed by atoms with Gasteiger partial charge in [0.05, 0.1) is 0 Å². The minimum atomic E-state index is -0.0775. The molecule has 3 heteroatoms. The molecule has 0 N–H and O–H groups in total. The van der Waals surface area contributed by atoms with Gasteiger partial charge in [0, 0.05) is 0 Å². The van der Waals surface area contributed by atoms with Crippen LogP contribution in [-0.4, -0.2) is 6.61 Å². The first-order valence-electron chi connectivity index (χ1n) is 1.89. The molecule has 34 valence electrons. The van der Waals surface area contributed by atoms with Crippen LogP contribution in [0, 0.1) is 12.3 Å². The predicted octanol–water partition coefficient (Wildman–Crippen LogP) is -6.28. The minimum Gasteiger partial charge on any atom is -0.854 e. The van der Waals surface area contributed by atoms with Crippen LogP contribution >= 0.6 is 0 Å². The summed E-state index contributed by atoms with van der Waals surface area (Å²) in [5, 5.41) is 9.57. The van der Waals surface area contributed by atoms with Crippen LogP contribution in [0.5, 0.6) is 0 Å². The molecule has 0 heterocycles. The Morgan fingerprint density at radius 1 is 1.38 bits per heavy atom. The Hall–Kier alpha value is 0.715. The first-order valence-corrected chi connectivity index (χ1v) is 1.89. The molecule has 0 saturated carbocycles. The molecule has 0 amide bonds. The van der Waals surface area contributed by atoms with Crippen molar-refractivity contribution < 1.29 is 42.8 Å². The van der Waals surface area contributed by atoms with Crippen LogP contribution in [0.25, 0.3) is 0 Å². The summed E-state index contributed by atoms with van der Waals surface area (Å²) in [4.78, 5) is 0. The van der Waals surface area contributed by atoms with E-state index in [1.807, 2.05) is 0 Å². The first kappa shape index (κ1) is 15.9. The van der Waals surface area contributed by atoms with Crippen molar-refractivity contribution in [3.63, 3.8) is 0 Å². The van der Waals surface area contributed by atoms with Gasteiger partial charge in [-0.25, -0.2) is 0 Å². The Morgan fingerprint density at radius 3 is 2.00 bits per heavy atom. The monoisotopic (exact) mass is 96.1 g/mol. The summed E-state index contributed by atoms with van der Waals surface area (Å²) in [5.41, 5.74) is 0. The van der Waals surface area contributed by atoms with Gasteiger partial charge in [-0.1, -0.05) is 6.42 Å². The van der Waals surface area contributed by atoms with Gasteiger partial charge in [0.15, 0.2) is 0 Å². The molecule has 0 aromatic carbocycles. The van der Waals surface area contributed by atoms with Crippen molar-refractivity contribution in [2.45, 2.75) is 12.8 Å². The molecule has 0 aliphatic heterocycles. The van der Waals surface area contributed by atoms with Gasteiger partial charge in [-0.2, -0.15) is 0 Å². The molecular formula is C5H6Li2O. The van der Waals surface area contributed by atoms with E-state index in [9.17, 15) is 5.11 Å². The van der Waals surface area contributed by atoms with Gasteiger partial charge in [0.2, 0.25) is 0 Å². The van der Waals surface area contributed by atoms with E-state index in [1.165, 1.54) is 0 Å². The maximum atomic E-state index is 9.57. The topological polar surface area (TPSA) is 23.1 Å². The van der Waals surface area contributed by atoms with Crippen molar-refractivity contribution in [2.24, 2.45) is 0 Å². The van der Waals surface area contributed by atoms with Gasteiger partial charge in [-0.15, -0.1) is 6.61 Å². The zero-order valence-electron chi connectivity index (χ0n) is 5.53. The third-order valence-corrected chi connectivity index (χ3v) is 0.446. The second-order valence-electron chi connectivity index (χ2n) is 0.984. The Bertz CT molecular complexity index is 57.9. The number of unbranched alkanes of at least 4 members (excludes halogenated alkanes) is 1. The average Bonchev–Trinajstić information content (AvgIpc) is 1.61. The molecule has 8 heavy (non-hydrogen) atoms. The van der Waals surface area contributed by atoms with E-state index in [0.717, 1.165) is 0 Å². The average molecular weight is 96.0 g/mol. The predicted molar refractivity (Wildman–Crippen MR) is 21.2 cm³/mol. The molecule has 1 nitrogen and oxygen atoms in total. The smallest absolute Gasteiger partial charge is 0.854 e. The third-order valence-electron chi connectivity index (χ3n) is 0.446. The molecule has 0 atom stereocenters. The van der Waals surface area contributed by atoms with Gasteiger partial charge >= 0.3 is 37.7 Å². The molecule has 0 aromatic heterocycles. The van der Waals surface area contributed by atoms with Crippen LogP contribution in [0.15, 0.2) is 0 Å². The van der Waals surface area contributed by atoms with Gasteiger partial charge in [0.1, 0.15) is 0 Å². The zero-order valence-corrected chi connectivity index (χ0v) is 5.53. The SMILES string of the molecule is [C-]#CCCC[O-].[Li+].[Li+]. The van der Waals surface area contributed by atoms with Crippen molar-refractivity contribution in [3.8, 4) is 5.92 Å². The van der Waals surface area contributed by atoms with E-state index in [1.54, 1.807) is 0 Å². The molecule has 0 spiro atoms. The van der Waals surface area contributed by atoms with E-state index in [0.29, 0.717) is 12.8 Å². The maximum absolute atomic E-state index is 9.57. The second kappa shape index (κ2) is 15.6. The largest absolute Gasteiger partial charge is 1.00 e. The summed E-state index contributed by atoms with van der Waals surface area (Å²) in [7, 11) is 0. The Balaban J connectivity index is -0.000000125. The van der Waals surface area contributed by atoms with E-state index in [-0.39, 0.29) is 44.3 Å². The summed E-state index contributed by atoms with van der Waals surface area (Å²) in [6.07, 6.45) is 7.39. The molecule has 0 unspecified atom stereocenters. The maximum Gasteiger partial charge on any atom is 1.00 e. The number of hydrogen-bond acceptors (Lipinski definition) is 1. The number of rotatable bonds is 2. The van der Waals surface area contributed by atoms with Crippen LogP contribution in [0.1, 0.15) is 12.8 Å². The fraction of sp³-hybridized carbons (Fsp3) is 0.600. The molecular weight excluding hydrogens is 89.9 g/mol. The van der Waals surface area contributed by atoms with Crippen LogP contribution in [0.4, 0.5) is 0 Å². The van der Waals surface area contributed by atoms with E-state index in [4.69, 9.17) is 6.42 Å². The molecule has 0 aliphatic rings. The number of hydrogen-bond donors (Lipinski definition) is 0. The zero-order chi connectivity index (χ0) is 4.83. The van der Waals surface area contributed by atoms with E-state index < -0.39 is 0 Å². The summed E-state index contributed by atoms with van der Waals surface area (Å²) in [5.74, 6) is 2.12. The van der Waals surface area contributed by atoms with E-state index in [2.05, 4.69) is 5.92 Å². The van der Waals surface area contributed by atoms with Gasteiger partial charge in [-0.3, -0.25) is 0 Å². The van der Waals surface area contributed by atoms with Gasteiger partial charge in [0.25, 0.3) is 0 Å². The molecule has 0 saturated heterocycles. The Morgan fingerprint density at radius 2 is 1.88 bits per heavy atom. The van der Waals surface area contributed by atoms with Crippen molar-refractivity contribution >= 4 is 0 Å². The summed E-state index contributed by atoms with van der Waals surface area (Å²) in [6.45, 7) is -0.0775. The fourth-order valence-corrected chi connectivity index (χ4v) is 0.161. The van der Waals surface area contributed by atoms with E-state index >= 15 is 0 Å². The van der Waals surface area contributed by atoms with Crippen molar-refractivity contribution in [3.05, 3.63) is 6.42 Å². The summed E-state index contributed by atoms with van der Waals surface area (Å²) in [6, 6.07) is 0. The van der Waals surface area contributed by atoms with Crippen LogP contribution in [-0.2, 0) is 0 Å². The molecule has 0 fully saturated rings. The summed E-state index contributed by atoms with van der Waals surface area (Å²) >= 11 is 0. The first-order chi connectivity index (χ1) is 2.91. The Kier molecular flexibility index (Phi) is 31.1. The minimum absolute atomic E-state index is 0.